The zero-order valence-electron chi connectivity index (χ0n) is 12.3. The number of unbranched alkanes of at least 4 members (excludes halogenated alkanes) is 1. The first kappa shape index (κ1) is 16.4. The van der Waals surface area contributed by atoms with E-state index in [1.54, 1.807) is 16.4 Å². The molecule has 2 N–H and O–H groups in total. The zero-order chi connectivity index (χ0) is 15.5. The maximum atomic E-state index is 12.7. The SMILES string of the molecule is CCCCN(C1CC1)S(=O)(=O)Cc1ccccc1C(N)=S. The van der Waals surface area contributed by atoms with Gasteiger partial charge in [0.1, 0.15) is 4.99 Å². The van der Waals surface area contributed by atoms with Crippen LogP contribution in [0, 0.1) is 0 Å². The van der Waals surface area contributed by atoms with Crippen LogP contribution in [0.4, 0.5) is 0 Å². The van der Waals surface area contributed by atoms with E-state index in [1.807, 2.05) is 12.1 Å². The van der Waals surface area contributed by atoms with Crippen LogP contribution in [0.3, 0.4) is 0 Å². The summed E-state index contributed by atoms with van der Waals surface area (Å²) in [5.41, 5.74) is 7.03. The van der Waals surface area contributed by atoms with Crippen LogP contribution in [-0.2, 0) is 15.8 Å². The summed E-state index contributed by atoms with van der Waals surface area (Å²) >= 11 is 5.01. The average Bonchev–Trinajstić information content (AvgIpc) is 3.23. The van der Waals surface area contributed by atoms with Crippen molar-refractivity contribution in [2.45, 2.75) is 44.4 Å². The summed E-state index contributed by atoms with van der Waals surface area (Å²) in [5.74, 6) is -0.0271. The van der Waals surface area contributed by atoms with Gasteiger partial charge < -0.3 is 5.73 Å². The van der Waals surface area contributed by atoms with Crippen molar-refractivity contribution >= 4 is 27.2 Å². The van der Waals surface area contributed by atoms with E-state index in [4.69, 9.17) is 18.0 Å². The number of nitrogens with zero attached hydrogens (tertiary/aromatic N) is 1. The molecule has 0 saturated heterocycles. The largest absolute Gasteiger partial charge is 0.389 e. The molecule has 0 atom stereocenters. The van der Waals surface area contributed by atoms with Gasteiger partial charge in [-0.1, -0.05) is 49.8 Å². The summed E-state index contributed by atoms with van der Waals surface area (Å²) in [5, 5.41) is 0. The Labute approximate surface area is 132 Å². The maximum Gasteiger partial charge on any atom is 0.218 e. The molecular weight excluding hydrogens is 304 g/mol. The molecule has 1 aromatic rings. The third kappa shape index (κ3) is 4.25. The van der Waals surface area contributed by atoms with Gasteiger partial charge >= 0.3 is 0 Å². The van der Waals surface area contributed by atoms with Crippen LogP contribution in [-0.4, -0.2) is 30.3 Å². The smallest absolute Gasteiger partial charge is 0.218 e. The summed E-state index contributed by atoms with van der Waals surface area (Å²) < 4.78 is 27.1. The second-order valence-electron chi connectivity index (χ2n) is 5.47. The van der Waals surface area contributed by atoms with Crippen molar-refractivity contribution in [2.75, 3.05) is 6.54 Å². The second kappa shape index (κ2) is 6.85. The predicted molar refractivity (Wildman–Crippen MR) is 89.6 cm³/mol. The number of benzene rings is 1. The van der Waals surface area contributed by atoms with E-state index in [0.29, 0.717) is 17.7 Å². The molecule has 4 nitrogen and oxygen atoms in total. The molecule has 0 radical (unpaired) electrons. The van der Waals surface area contributed by atoms with Crippen molar-refractivity contribution in [3.63, 3.8) is 0 Å². The highest BCUT2D eigenvalue weighted by Gasteiger charge is 2.36. The topological polar surface area (TPSA) is 63.4 Å². The highest BCUT2D eigenvalue weighted by molar-refractivity contribution is 7.88. The predicted octanol–water partition coefficient (Wildman–Crippen LogP) is 2.42. The van der Waals surface area contributed by atoms with Crippen LogP contribution in [0.2, 0.25) is 0 Å². The summed E-state index contributed by atoms with van der Waals surface area (Å²) in [6.45, 7) is 2.68. The number of nitrogens with two attached hydrogens (primary N) is 1. The van der Waals surface area contributed by atoms with Crippen molar-refractivity contribution in [1.82, 2.24) is 4.31 Å². The van der Waals surface area contributed by atoms with Crippen LogP contribution in [0.25, 0.3) is 0 Å². The first-order valence-electron chi connectivity index (χ1n) is 7.33. The van der Waals surface area contributed by atoms with Gasteiger partial charge in [0.25, 0.3) is 0 Å². The highest BCUT2D eigenvalue weighted by atomic mass is 32.2. The molecule has 116 valence electrons. The van der Waals surface area contributed by atoms with Crippen LogP contribution >= 0.6 is 12.2 Å². The Hall–Kier alpha value is -0.980. The Morgan fingerprint density at radius 1 is 1.38 bits per heavy atom. The molecule has 21 heavy (non-hydrogen) atoms. The van der Waals surface area contributed by atoms with Gasteiger partial charge in [-0.2, -0.15) is 4.31 Å². The molecule has 1 saturated carbocycles. The minimum atomic E-state index is -3.32. The molecule has 6 heteroatoms. The summed E-state index contributed by atoms with van der Waals surface area (Å²) in [4.78, 5) is 0.243. The molecule has 1 fully saturated rings. The molecule has 0 heterocycles. The quantitative estimate of drug-likeness (QED) is 0.745. The molecule has 0 aromatic heterocycles. The first-order chi connectivity index (χ1) is 9.95. The fraction of sp³-hybridized carbons (Fsp3) is 0.533. The summed E-state index contributed by atoms with van der Waals surface area (Å²) in [6, 6.07) is 7.40. The molecular formula is C15H22N2O2S2. The van der Waals surface area contributed by atoms with Crippen molar-refractivity contribution in [1.29, 1.82) is 0 Å². The maximum absolute atomic E-state index is 12.7. The Bertz CT molecular complexity index is 610. The number of hydrogen-bond donors (Lipinski definition) is 1. The van der Waals surface area contributed by atoms with Crippen molar-refractivity contribution in [3.8, 4) is 0 Å². The lowest BCUT2D eigenvalue weighted by Crippen LogP contribution is -2.35. The van der Waals surface area contributed by atoms with E-state index >= 15 is 0 Å². The summed E-state index contributed by atoms with van der Waals surface area (Å²) in [7, 11) is -3.32. The van der Waals surface area contributed by atoms with Crippen LogP contribution in [0.15, 0.2) is 24.3 Å². The van der Waals surface area contributed by atoms with Gasteiger partial charge in [0.05, 0.1) is 5.75 Å². The van der Waals surface area contributed by atoms with Gasteiger partial charge in [-0.05, 0) is 24.8 Å². The monoisotopic (exact) mass is 326 g/mol. The Morgan fingerprint density at radius 3 is 2.62 bits per heavy atom. The van der Waals surface area contributed by atoms with E-state index in [9.17, 15) is 8.42 Å². The lowest BCUT2D eigenvalue weighted by Gasteiger charge is -2.22. The highest BCUT2D eigenvalue weighted by Crippen LogP contribution is 2.31. The van der Waals surface area contributed by atoms with E-state index in [2.05, 4.69) is 6.92 Å². The Morgan fingerprint density at radius 2 is 2.05 bits per heavy atom. The molecule has 1 aliphatic rings. The van der Waals surface area contributed by atoms with Crippen molar-refractivity contribution in [2.24, 2.45) is 5.73 Å². The standard InChI is InChI=1S/C15H22N2O2S2/c1-2-3-10-17(13-8-9-13)21(18,19)11-12-6-4-5-7-14(12)15(16)20/h4-7,13H,2-3,8-11H2,1H3,(H2,16,20). The van der Waals surface area contributed by atoms with Gasteiger partial charge in [-0.3, -0.25) is 0 Å². The van der Waals surface area contributed by atoms with Gasteiger partial charge in [0, 0.05) is 18.2 Å². The normalized spacial score (nSPS) is 15.3. The van der Waals surface area contributed by atoms with E-state index in [0.717, 1.165) is 25.7 Å². The minimum Gasteiger partial charge on any atom is -0.389 e. The van der Waals surface area contributed by atoms with Crippen molar-refractivity contribution < 1.29 is 8.42 Å². The number of rotatable bonds is 8. The van der Waals surface area contributed by atoms with Crippen LogP contribution < -0.4 is 5.73 Å². The van der Waals surface area contributed by atoms with Gasteiger partial charge in [-0.15, -0.1) is 0 Å². The fourth-order valence-corrected chi connectivity index (χ4v) is 4.47. The van der Waals surface area contributed by atoms with E-state index in [-0.39, 0.29) is 16.8 Å². The third-order valence-electron chi connectivity index (χ3n) is 3.66. The summed E-state index contributed by atoms with van der Waals surface area (Å²) in [6.07, 6.45) is 3.83. The average molecular weight is 326 g/mol. The van der Waals surface area contributed by atoms with Crippen molar-refractivity contribution in [3.05, 3.63) is 35.4 Å². The zero-order valence-corrected chi connectivity index (χ0v) is 13.9. The number of thiocarbonyl (C=S) groups is 1. The molecule has 2 rings (SSSR count). The Kier molecular flexibility index (Phi) is 5.35. The lowest BCUT2D eigenvalue weighted by molar-refractivity contribution is 0.395. The lowest BCUT2D eigenvalue weighted by atomic mass is 10.1. The number of sulfonamides is 1. The fourth-order valence-electron chi connectivity index (χ4n) is 2.39. The van der Waals surface area contributed by atoms with Gasteiger partial charge in [0.15, 0.2) is 0 Å². The minimum absolute atomic E-state index is 0.0271. The Balaban J connectivity index is 2.21. The molecule has 1 aromatic carbocycles. The van der Waals surface area contributed by atoms with Gasteiger partial charge in [0.2, 0.25) is 10.0 Å². The molecule has 0 bridgehead atoms. The molecule has 0 spiro atoms. The van der Waals surface area contributed by atoms with Crippen LogP contribution in [0.1, 0.15) is 43.7 Å². The van der Waals surface area contributed by atoms with E-state index in [1.165, 1.54) is 0 Å². The second-order valence-corrected chi connectivity index (χ2v) is 7.83. The van der Waals surface area contributed by atoms with Crippen LogP contribution in [0.5, 0.6) is 0 Å². The first-order valence-corrected chi connectivity index (χ1v) is 9.34. The van der Waals surface area contributed by atoms with E-state index < -0.39 is 10.0 Å². The molecule has 0 amide bonds. The molecule has 0 unspecified atom stereocenters. The molecule has 0 aliphatic heterocycles. The molecule has 1 aliphatic carbocycles. The van der Waals surface area contributed by atoms with Gasteiger partial charge in [-0.25, -0.2) is 8.42 Å². The third-order valence-corrected chi connectivity index (χ3v) is 5.76. The number of hydrogen-bond acceptors (Lipinski definition) is 3.